The van der Waals surface area contributed by atoms with Crippen LogP contribution < -0.4 is 14.7 Å². The van der Waals surface area contributed by atoms with Crippen molar-refractivity contribution in [2.24, 2.45) is 0 Å². The van der Waals surface area contributed by atoms with Crippen LogP contribution in [0.15, 0.2) is 42.9 Å². The maximum Gasteiger partial charge on any atom is 0.228 e. The van der Waals surface area contributed by atoms with Gasteiger partial charge in [-0.05, 0) is 25.1 Å². The van der Waals surface area contributed by atoms with E-state index in [1.165, 1.54) is 0 Å². The van der Waals surface area contributed by atoms with Crippen LogP contribution in [0.4, 0.5) is 17.6 Å². The van der Waals surface area contributed by atoms with Crippen LogP contribution in [0, 0.1) is 0 Å². The third kappa shape index (κ3) is 4.83. The third-order valence-corrected chi connectivity index (χ3v) is 6.46. The first-order valence-electron chi connectivity index (χ1n) is 11.0. The van der Waals surface area contributed by atoms with Gasteiger partial charge >= 0.3 is 0 Å². The van der Waals surface area contributed by atoms with Gasteiger partial charge in [0.2, 0.25) is 5.95 Å². The van der Waals surface area contributed by atoms with Gasteiger partial charge in [0, 0.05) is 69.0 Å². The molecule has 3 aromatic rings. The molecule has 0 aliphatic carbocycles. The van der Waals surface area contributed by atoms with Crippen molar-refractivity contribution < 1.29 is 4.74 Å². The molecule has 0 saturated carbocycles. The van der Waals surface area contributed by atoms with Gasteiger partial charge < -0.3 is 19.4 Å². The van der Waals surface area contributed by atoms with Crippen molar-refractivity contribution in [2.75, 3.05) is 60.6 Å². The van der Waals surface area contributed by atoms with E-state index in [4.69, 9.17) is 37.9 Å². The Hall–Kier alpha value is -2.68. The van der Waals surface area contributed by atoms with E-state index in [1.807, 2.05) is 24.3 Å². The van der Waals surface area contributed by atoms with Crippen molar-refractivity contribution >= 4 is 40.8 Å². The van der Waals surface area contributed by atoms with Crippen LogP contribution in [0.25, 0.3) is 11.3 Å². The summed E-state index contributed by atoms with van der Waals surface area (Å²) in [5.74, 6) is 2.42. The first-order valence-corrected chi connectivity index (χ1v) is 11.8. The third-order valence-electron chi connectivity index (χ3n) is 5.96. The highest BCUT2D eigenvalue weighted by molar-refractivity contribution is 6.33. The lowest BCUT2D eigenvalue weighted by Gasteiger charge is -2.41. The molecule has 172 valence electrons. The number of anilines is 3. The van der Waals surface area contributed by atoms with Crippen LogP contribution in [0.2, 0.25) is 10.0 Å². The Balaban J connectivity index is 1.46. The van der Waals surface area contributed by atoms with E-state index in [0.29, 0.717) is 29.2 Å². The summed E-state index contributed by atoms with van der Waals surface area (Å²) < 4.78 is 5.52. The lowest BCUT2D eigenvalue weighted by molar-refractivity contribution is 0.122. The Bertz CT molecular complexity index is 1130. The lowest BCUT2D eigenvalue weighted by Crippen LogP contribution is -2.53. The van der Waals surface area contributed by atoms with Crippen molar-refractivity contribution in [2.45, 2.75) is 13.0 Å². The number of morpholine rings is 1. The second-order valence-electron chi connectivity index (χ2n) is 8.20. The lowest BCUT2D eigenvalue weighted by atomic mass is 10.1. The topological polar surface area (TPSA) is 70.5 Å². The summed E-state index contributed by atoms with van der Waals surface area (Å²) in [6, 6.07) is 7.84. The monoisotopic (exact) mass is 485 g/mol. The van der Waals surface area contributed by atoms with Gasteiger partial charge in [-0.25, -0.2) is 9.97 Å². The summed E-state index contributed by atoms with van der Waals surface area (Å²) in [6.07, 6.45) is 5.19. The molecule has 0 N–H and O–H groups in total. The average Bonchev–Trinajstić information content (AvgIpc) is 2.84. The van der Waals surface area contributed by atoms with Gasteiger partial charge in [0.15, 0.2) is 0 Å². The number of piperazine rings is 1. The van der Waals surface area contributed by atoms with Gasteiger partial charge in [0.1, 0.15) is 11.6 Å². The predicted octanol–water partition coefficient (Wildman–Crippen LogP) is 3.79. The van der Waals surface area contributed by atoms with E-state index in [9.17, 15) is 0 Å². The van der Waals surface area contributed by atoms with Crippen LogP contribution in [-0.2, 0) is 4.74 Å². The van der Waals surface area contributed by atoms with Crippen molar-refractivity contribution in [1.82, 2.24) is 19.9 Å². The molecule has 1 atom stereocenters. The standard InChI is InChI=1S/C23H25Cl2N7O/c1-16-15-31(22-19(25)3-2-4-27-22)5-6-32(16)21-12-20(17-11-18(24)14-26-13-17)28-23(29-21)30-7-9-33-10-8-30/h2-4,11-14,16H,5-10,15H2,1H3/t16-/m1/s1. The summed E-state index contributed by atoms with van der Waals surface area (Å²) in [5, 5.41) is 1.25. The van der Waals surface area contributed by atoms with Gasteiger partial charge in [-0.1, -0.05) is 23.2 Å². The number of aromatic nitrogens is 4. The predicted molar refractivity (Wildman–Crippen MR) is 132 cm³/mol. The summed E-state index contributed by atoms with van der Waals surface area (Å²) in [7, 11) is 0. The van der Waals surface area contributed by atoms with Gasteiger partial charge in [-0.15, -0.1) is 0 Å². The summed E-state index contributed by atoms with van der Waals surface area (Å²) in [6.45, 7) is 7.44. The molecule has 8 nitrogen and oxygen atoms in total. The molecule has 0 aromatic carbocycles. The quantitative estimate of drug-likeness (QED) is 0.552. The molecule has 33 heavy (non-hydrogen) atoms. The highest BCUT2D eigenvalue weighted by Crippen LogP contribution is 2.30. The SMILES string of the molecule is C[C@@H]1CN(c2ncccc2Cl)CCN1c1cc(-c2cncc(Cl)c2)nc(N2CCOCC2)n1. The first kappa shape index (κ1) is 22.1. The van der Waals surface area contributed by atoms with Crippen molar-refractivity contribution in [3.8, 4) is 11.3 Å². The van der Waals surface area contributed by atoms with E-state index >= 15 is 0 Å². The molecular formula is C23H25Cl2N7O. The Morgan fingerprint density at radius 3 is 2.61 bits per heavy atom. The molecule has 2 aliphatic rings. The van der Waals surface area contributed by atoms with Crippen molar-refractivity contribution in [3.63, 3.8) is 0 Å². The normalized spacial score (nSPS) is 19.1. The summed E-state index contributed by atoms with van der Waals surface area (Å²) in [4.78, 5) is 25.3. The number of ether oxygens (including phenoxy) is 1. The molecule has 0 unspecified atom stereocenters. The minimum absolute atomic E-state index is 0.203. The fraction of sp³-hybridized carbons (Fsp3) is 0.391. The number of nitrogens with zero attached hydrogens (tertiary/aromatic N) is 7. The van der Waals surface area contributed by atoms with E-state index in [-0.39, 0.29) is 6.04 Å². The second kappa shape index (κ2) is 9.67. The summed E-state index contributed by atoms with van der Waals surface area (Å²) >= 11 is 12.6. The van der Waals surface area contributed by atoms with Crippen molar-refractivity contribution in [3.05, 3.63) is 52.9 Å². The fourth-order valence-electron chi connectivity index (χ4n) is 4.27. The largest absolute Gasteiger partial charge is 0.378 e. The van der Waals surface area contributed by atoms with Gasteiger partial charge in [-0.3, -0.25) is 4.98 Å². The van der Waals surface area contributed by atoms with Crippen LogP contribution in [0.5, 0.6) is 0 Å². The molecule has 0 amide bonds. The van der Waals surface area contributed by atoms with Crippen LogP contribution >= 0.6 is 23.2 Å². The van der Waals surface area contributed by atoms with E-state index in [2.05, 4.69) is 31.6 Å². The average molecular weight is 486 g/mol. The fourth-order valence-corrected chi connectivity index (χ4v) is 4.69. The smallest absolute Gasteiger partial charge is 0.228 e. The molecular weight excluding hydrogens is 461 g/mol. The molecule has 5 rings (SSSR count). The summed E-state index contributed by atoms with van der Waals surface area (Å²) in [5.41, 5.74) is 1.67. The highest BCUT2D eigenvalue weighted by atomic mass is 35.5. The second-order valence-corrected chi connectivity index (χ2v) is 9.04. The maximum atomic E-state index is 6.40. The van der Waals surface area contributed by atoms with E-state index in [1.54, 1.807) is 18.6 Å². The zero-order valence-corrected chi connectivity index (χ0v) is 19.9. The molecule has 3 aromatic heterocycles. The van der Waals surface area contributed by atoms with Crippen LogP contribution in [0.3, 0.4) is 0 Å². The number of rotatable bonds is 4. The molecule has 2 aliphatic heterocycles. The molecule has 0 radical (unpaired) electrons. The Kier molecular flexibility index (Phi) is 6.48. The number of halogens is 2. The van der Waals surface area contributed by atoms with Gasteiger partial charge in [0.05, 0.1) is 29.0 Å². The zero-order valence-electron chi connectivity index (χ0n) is 18.4. The number of pyridine rings is 2. The zero-order chi connectivity index (χ0) is 22.8. The Morgan fingerprint density at radius 2 is 1.85 bits per heavy atom. The highest BCUT2D eigenvalue weighted by Gasteiger charge is 2.28. The van der Waals surface area contributed by atoms with Crippen LogP contribution in [-0.4, -0.2) is 71.9 Å². The minimum Gasteiger partial charge on any atom is -0.378 e. The number of hydrogen-bond acceptors (Lipinski definition) is 8. The molecule has 5 heterocycles. The van der Waals surface area contributed by atoms with E-state index in [0.717, 1.165) is 55.6 Å². The molecule has 0 bridgehead atoms. The maximum absolute atomic E-state index is 6.40. The van der Waals surface area contributed by atoms with Gasteiger partial charge in [0.25, 0.3) is 0 Å². The Labute approximate surface area is 203 Å². The Morgan fingerprint density at radius 1 is 1.00 bits per heavy atom. The molecule has 2 saturated heterocycles. The van der Waals surface area contributed by atoms with E-state index < -0.39 is 0 Å². The van der Waals surface area contributed by atoms with Crippen molar-refractivity contribution in [1.29, 1.82) is 0 Å². The minimum atomic E-state index is 0.203. The number of hydrogen-bond donors (Lipinski definition) is 0. The first-order chi connectivity index (χ1) is 16.1. The molecule has 2 fully saturated rings. The van der Waals surface area contributed by atoms with Crippen LogP contribution in [0.1, 0.15) is 6.92 Å². The molecule has 0 spiro atoms. The van der Waals surface area contributed by atoms with Gasteiger partial charge in [-0.2, -0.15) is 4.98 Å². The molecule has 10 heteroatoms.